The Hall–Kier alpha value is -3.00. The van der Waals surface area contributed by atoms with Gasteiger partial charge in [0.15, 0.2) is 5.82 Å². The summed E-state index contributed by atoms with van der Waals surface area (Å²) in [6.07, 6.45) is -4.40. The Morgan fingerprint density at radius 2 is 1.69 bits per heavy atom. The van der Waals surface area contributed by atoms with Crippen LogP contribution in [0.4, 0.5) is 19.0 Å². The Bertz CT molecular complexity index is 928. The van der Waals surface area contributed by atoms with Crippen molar-refractivity contribution in [2.45, 2.75) is 6.18 Å². The minimum absolute atomic E-state index is 0.117. The van der Waals surface area contributed by atoms with Crippen LogP contribution in [-0.4, -0.2) is 21.1 Å². The topological polar surface area (TPSA) is 67.8 Å². The average Bonchev–Trinajstić information content (AvgIpc) is 2.62. The maximum Gasteiger partial charge on any atom is 0.416 e. The fourth-order valence-corrected chi connectivity index (χ4v) is 2.26. The van der Waals surface area contributed by atoms with Crippen LogP contribution >= 0.6 is 11.6 Å². The van der Waals surface area contributed by atoms with Gasteiger partial charge >= 0.3 is 6.18 Å². The standard InChI is InChI=1S/C17H10ClF3N4O/c18-14-3-1-2-13(22-14)16(26)23-15-9-8-12(24-25-15)10-4-6-11(7-5-10)17(19,20)21/h1-9H,(H,23,25,26). The van der Waals surface area contributed by atoms with E-state index in [2.05, 4.69) is 20.5 Å². The molecule has 0 unspecified atom stereocenters. The van der Waals surface area contributed by atoms with Gasteiger partial charge < -0.3 is 5.32 Å². The summed E-state index contributed by atoms with van der Waals surface area (Å²) in [6, 6.07) is 12.2. The zero-order valence-electron chi connectivity index (χ0n) is 13.0. The lowest BCUT2D eigenvalue weighted by Crippen LogP contribution is -2.14. The molecule has 9 heteroatoms. The van der Waals surface area contributed by atoms with Gasteiger partial charge in [0.2, 0.25) is 0 Å². The van der Waals surface area contributed by atoms with Crippen molar-refractivity contribution in [3.8, 4) is 11.3 Å². The zero-order chi connectivity index (χ0) is 18.7. The van der Waals surface area contributed by atoms with Gasteiger partial charge in [0, 0.05) is 5.56 Å². The van der Waals surface area contributed by atoms with Crippen molar-refractivity contribution >= 4 is 23.3 Å². The van der Waals surface area contributed by atoms with Crippen LogP contribution in [0.5, 0.6) is 0 Å². The molecule has 0 aliphatic carbocycles. The number of anilines is 1. The molecule has 5 nitrogen and oxygen atoms in total. The molecular weight excluding hydrogens is 369 g/mol. The molecule has 3 aromatic rings. The summed E-state index contributed by atoms with van der Waals surface area (Å²) in [6.45, 7) is 0. The third-order valence-corrected chi connectivity index (χ3v) is 3.57. The van der Waals surface area contributed by atoms with E-state index in [1.165, 1.54) is 36.4 Å². The number of nitrogens with zero attached hydrogens (tertiary/aromatic N) is 3. The van der Waals surface area contributed by atoms with Gasteiger partial charge in [-0.25, -0.2) is 4.98 Å². The molecule has 26 heavy (non-hydrogen) atoms. The number of pyridine rings is 1. The monoisotopic (exact) mass is 378 g/mol. The molecular formula is C17H10ClF3N4O. The van der Waals surface area contributed by atoms with Gasteiger partial charge in [0.05, 0.1) is 11.3 Å². The fraction of sp³-hybridized carbons (Fsp3) is 0.0588. The molecule has 2 aromatic heterocycles. The smallest absolute Gasteiger partial charge is 0.304 e. The number of rotatable bonds is 3. The van der Waals surface area contributed by atoms with Crippen molar-refractivity contribution in [3.63, 3.8) is 0 Å². The third kappa shape index (κ3) is 4.15. The van der Waals surface area contributed by atoms with Crippen LogP contribution in [0, 0.1) is 0 Å². The highest BCUT2D eigenvalue weighted by atomic mass is 35.5. The van der Waals surface area contributed by atoms with E-state index in [0.29, 0.717) is 11.3 Å². The number of hydrogen-bond acceptors (Lipinski definition) is 4. The van der Waals surface area contributed by atoms with Crippen LogP contribution in [0.25, 0.3) is 11.3 Å². The number of carbonyl (C=O) groups excluding carboxylic acids is 1. The molecule has 132 valence electrons. The van der Waals surface area contributed by atoms with Crippen LogP contribution < -0.4 is 5.32 Å². The predicted octanol–water partition coefficient (Wildman–Crippen LogP) is 4.46. The minimum Gasteiger partial charge on any atom is -0.304 e. The number of hydrogen-bond donors (Lipinski definition) is 1. The molecule has 0 radical (unpaired) electrons. The molecule has 0 aliphatic rings. The SMILES string of the molecule is O=C(Nc1ccc(-c2ccc(C(F)(F)F)cc2)nn1)c1cccc(Cl)n1. The molecule has 3 rings (SSSR count). The highest BCUT2D eigenvalue weighted by Crippen LogP contribution is 2.30. The molecule has 0 bridgehead atoms. The first-order valence-corrected chi connectivity index (χ1v) is 7.66. The fourth-order valence-electron chi connectivity index (χ4n) is 2.10. The van der Waals surface area contributed by atoms with E-state index in [0.717, 1.165) is 12.1 Å². The number of aromatic nitrogens is 3. The Labute approximate surface area is 150 Å². The van der Waals surface area contributed by atoms with Gasteiger partial charge in [-0.1, -0.05) is 29.8 Å². The summed E-state index contributed by atoms with van der Waals surface area (Å²) >= 11 is 5.73. The molecule has 0 saturated heterocycles. The second-order valence-electron chi connectivity index (χ2n) is 5.18. The molecule has 1 amide bonds. The first-order valence-electron chi connectivity index (χ1n) is 7.28. The van der Waals surface area contributed by atoms with E-state index in [1.54, 1.807) is 6.07 Å². The van der Waals surface area contributed by atoms with E-state index in [4.69, 9.17) is 11.6 Å². The lowest BCUT2D eigenvalue weighted by atomic mass is 10.1. The summed E-state index contributed by atoms with van der Waals surface area (Å²) in [5.41, 5.74) is 0.218. The van der Waals surface area contributed by atoms with Crippen molar-refractivity contribution in [1.29, 1.82) is 0 Å². The first-order chi connectivity index (χ1) is 12.3. The van der Waals surface area contributed by atoms with Crippen LogP contribution in [0.15, 0.2) is 54.6 Å². The second kappa shape index (κ2) is 7.09. The Morgan fingerprint density at radius 1 is 0.962 bits per heavy atom. The largest absolute Gasteiger partial charge is 0.416 e. The highest BCUT2D eigenvalue weighted by Gasteiger charge is 2.30. The Morgan fingerprint density at radius 3 is 2.27 bits per heavy atom. The third-order valence-electron chi connectivity index (χ3n) is 3.36. The zero-order valence-corrected chi connectivity index (χ0v) is 13.7. The highest BCUT2D eigenvalue weighted by molar-refractivity contribution is 6.29. The van der Waals surface area contributed by atoms with Crippen molar-refractivity contribution in [3.05, 3.63) is 71.0 Å². The molecule has 1 aromatic carbocycles. The Kier molecular flexibility index (Phi) is 4.85. The lowest BCUT2D eigenvalue weighted by molar-refractivity contribution is -0.137. The Balaban J connectivity index is 1.73. The van der Waals surface area contributed by atoms with Crippen molar-refractivity contribution in [1.82, 2.24) is 15.2 Å². The summed E-state index contributed by atoms with van der Waals surface area (Å²) < 4.78 is 37.7. The number of benzene rings is 1. The van der Waals surface area contributed by atoms with Crippen molar-refractivity contribution < 1.29 is 18.0 Å². The summed E-state index contributed by atoms with van der Waals surface area (Å²) in [4.78, 5) is 15.9. The van der Waals surface area contributed by atoms with Gasteiger partial charge in [-0.15, -0.1) is 10.2 Å². The second-order valence-corrected chi connectivity index (χ2v) is 5.57. The summed E-state index contributed by atoms with van der Waals surface area (Å²) in [7, 11) is 0. The van der Waals surface area contributed by atoms with Crippen molar-refractivity contribution in [2.75, 3.05) is 5.32 Å². The van der Waals surface area contributed by atoms with E-state index in [1.807, 2.05) is 0 Å². The van der Waals surface area contributed by atoms with E-state index in [9.17, 15) is 18.0 Å². The molecule has 1 N–H and O–H groups in total. The van der Waals surface area contributed by atoms with Gasteiger partial charge in [-0.3, -0.25) is 4.79 Å². The van der Waals surface area contributed by atoms with Crippen LogP contribution in [0.3, 0.4) is 0 Å². The van der Waals surface area contributed by atoms with Crippen LogP contribution in [-0.2, 0) is 6.18 Å². The van der Waals surface area contributed by atoms with Gasteiger partial charge in [-0.05, 0) is 36.4 Å². The number of carbonyl (C=O) groups is 1. The van der Waals surface area contributed by atoms with Gasteiger partial charge in [0.25, 0.3) is 5.91 Å². The molecule has 0 fully saturated rings. The minimum atomic E-state index is -4.40. The predicted molar refractivity (Wildman–Crippen MR) is 89.7 cm³/mol. The molecule has 0 aliphatic heterocycles. The first kappa shape index (κ1) is 17.8. The van der Waals surface area contributed by atoms with E-state index < -0.39 is 17.6 Å². The maximum absolute atomic E-state index is 12.6. The van der Waals surface area contributed by atoms with Crippen LogP contribution in [0.1, 0.15) is 16.1 Å². The number of nitrogens with one attached hydrogen (secondary N) is 1. The average molecular weight is 379 g/mol. The summed E-state index contributed by atoms with van der Waals surface area (Å²) in [5, 5.41) is 10.5. The maximum atomic E-state index is 12.6. The van der Waals surface area contributed by atoms with Crippen LogP contribution in [0.2, 0.25) is 5.15 Å². The van der Waals surface area contributed by atoms with Gasteiger partial charge in [-0.2, -0.15) is 13.2 Å². The van der Waals surface area contributed by atoms with Gasteiger partial charge in [0.1, 0.15) is 10.8 Å². The normalized spacial score (nSPS) is 11.2. The lowest BCUT2D eigenvalue weighted by Gasteiger charge is -2.08. The molecule has 0 saturated carbocycles. The van der Waals surface area contributed by atoms with E-state index >= 15 is 0 Å². The number of alkyl halides is 3. The molecule has 2 heterocycles. The molecule has 0 spiro atoms. The number of amides is 1. The van der Waals surface area contributed by atoms with Crippen molar-refractivity contribution in [2.24, 2.45) is 0 Å². The quantitative estimate of drug-likeness (QED) is 0.683. The van der Waals surface area contributed by atoms with E-state index in [-0.39, 0.29) is 16.7 Å². The number of halogens is 4. The molecule has 0 atom stereocenters. The summed E-state index contributed by atoms with van der Waals surface area (Å²) in [5.74, 6) is -0.337.